The summed E-state index contributed by atoms with van der Waals surface area (Å²) in [5, 5.41) is 9.90. The molecule has 0 atom stereocenters. The topological polar surface area (TPSA) is 16.4 Å². The predicted molar refractivity (Wildman–Crippen MR) is 212 cm³/mol. The van der Waals surface area contributed by atoms with Crippen LogP contribution in [0.15, 0.2) is 192 Å². The Morgan fingerprint density at radius 2 is 0.960 bits per heavy atom. The molecule has 0 aliphatic carbocycles. The molecule has 2 heteroatoms. The third-order valence-electron chi connectivity index (χ3n) is 10.0. The van der Waals surface area contributed by atoms with E-state index in [1.165, 1.54) is 54.6 Å². The molecule has 0 bridgehead atoms. The first-order valence-corrected chi connectivity index (χ1v) is 17.1. The number of fused-ring (bicyclic) bond motifs is 8. The van der Waals surface area contributed by atoms with Gasteiger partial charge in [-0.2, -0.15) is 0 Å². The lowest BCUT2D eigenvalue weighted by molar-refractivity contribution is 0.669. The lowest BCUT2D eigenvalue weighted by Gasteiger charge is -2.26. The molecule has 10 aromatic rings. The van der Waals surface area contributed by atoms with Crippen LogP contribution >= 0.6 is 0 Å². The van der Waals surface area contributed by atoms with E-state index in [1.807, 2.05) is 12.1 Å². The van der Waals surface area contributed by atoms with Crippen molar-refractivity contribution in [2.24, 2.45) is 0 Å². The average molecular weight is 638 g/mol. The molecule has 1 aromatic heterocycles. The fourth-order valence-corrected chi connectivity index (χ4v) is 7.66. The molecule has 2 nitrogen and oxygen atoms in total. The first kappa shape index (κ1) is 28.4. The van der Waals surface area contributed by atoms with Crippen molar-refractivity contribution in [1.29, 1.82) is 0 Å². The van der Waals surface area contributed by atoms with Crippen molar-refractivity contribution in [3.8, 4) is 22.3 Å². The number of hydrogen-bond donors (Lipinski definition) is 0. The Bertz CT molecular complexity index is 2870. The van der Waals surface area contributed by atoms with Crippen LogP contribution in [-0.4, -0.2) is 0 Å². The van der Waals surface area contributed by atoms with Gasteiger partial charge in [-0.05, 0) is 103 Å². The molecule has 0 radical (unpaired) electrons. The van der Waals surface area contributed by atoms with Gasteiger partial charge in [0, 0.05) is 33.9 Å². The van der Waals surface area contributed by atoms with E-state index in [-0.39, 0.29) is 0 Å². The van der Waals surface area contributed by atoms with E-state index in [0.29, 0.717) is 0 Å². The lowest BCUT2D eigenvalue weighted by Crippen LogP contribution is -2.10. The normalized spacial score (nSPS) is 11.6. The van der Waals surface area contributed by atoms with E-state index in [4.69, 9.17) is 4.42 Å². The second-order valence-electron chi connectivity index (χ2n) is 12.9. The Labute approximate surface area is 290 Å². The minimum absolute atomic E-state index is 0.875. The largest absolute Gasteiger partial charge is 0.456 e. The zero-order chi connectivity index (χ0) is 33.0. The van der Waals surface area contributed by atoms with E-state index >= 15 is 0 Å². The maximum absolute atomic E-state index is 6.36. The number of hydrogen-bond acceptors (Lipinski definition) is 2. The second kappa shape index (κ2) is 11.5. The Kier molecular flexibility index (Phi) is 6.53. The van der Waals surface area contributed by atoms with E-state index in [2.05, 4.69) is 181 Å². The number of para-hydroxylation sites is 1. The van der Waals surface area contributed by atoms with E-state index in [1.54, 1.807) is 0 Å². The zero-order valence-corrected chi connectivity index (χ0v) is 27.3. The van der Waals surface area contributed by atoms with Crippen molar-refractivity contribution >= 4 is 71.3 Å². The molecule has 1 heterocycles. The number of furan rings is 1. The number of nitrogens with zero attached hydrogens (tertiary/aromatic N) is 1. The van der Waals surface area contributed by atoms with Gasteiger partial charge in [-0.1, -0.05) is 133 Å². The Morgan fingerprint density at radius 3 is 1.82 bits per heavy atom. The van der Waals surface area contributed by atoms with Crippen molar-refractivity contribution in [3.63, 3.8) is 0 Å². The minimum atomic E-state index is 0.875. The van der Waals surface area contributed by atoms with Gasteiger partial charge in [0.2, 0.25) is 0 Å². The molecule has 0 aliphatic rings. The summed E-state index contributed by atoms with van der Waals surface area (Å²) >= 11 is 0. The van der Waals surface area contributed by atoms with Crippen LogP contribution < -0.4 is 4.90 Å². The maximum atomic E-state index is 6.36. The Hall–Kier alpha value is -6.64. The van der Waals surface area contributed by atoms with Crippen LogP contribution in [0.25, 0.3) is 76.5 Å². The standard InChI is InChI=1S/C48H31NO/c1-2-11-32(12-3-1)35-14-10-15-38(29-35)49(39-27-28-43-42-18-8-9-20-46(42)50-47(43)31-39)37-25-23-34(24-26-37)45-30-36-22-21-33-13-4-5-16-40(33)48(36)44-19-7-6-17-41(44)45/h1-31H. The van der Waals surface area contributed by atoms with E-state index in [9.17, 15) is 0 Å². The van der Waals surface area contributed by atoms with Crippen LogP contribution in [0.5, 0.6) is 0 Å². The number of anilines is 3. The van der Waals surface area contributed by atoms with Gasteiger partial charge in [-0.15, -0.1) is 0 Å². The molecule has 50 heavy (non-hydrogen) atoms. The van der Waals surface area contributed by atoms with Gasteiger partial charge in [0.15, 0.2) is 0 Å². The minimum Gasteiger partial charge on any atom is -0.456 e. The summed E-state index contributed by atoms with van der Waals surface area (Å²) in [5.74, 6) is 0. The molecule has 234 valence electrons. The van der Waals surface area contributed by atoms with Crippen molar-refractivity contribution in [2.45, 2.75) is 0 Å². The van der Waals surface area contributed by atoms with Crippen LogP contribution in [0.4, 0.5) is 17.1 Å². The fraction of sp³-hybridized carbons (Fsp3) is 0. The average Bonchev–Trinajstić information content (AvgIpc) is 3.56. The molecule has 0 fully saturated rings. The van der Waals surface area contributed by atoms with Crippen LogP contribution in [0.3, 0.4) is 0 Å². The smallest absolute Gasteiger partial charge is 0.137 e. The van der Waals surface area contributed by atoms with Crippen molar-refractivity contribution < 1.29 is 4.42 Å². The highest BCUT2D eigenvalue weighted by atomic mass is 16.3. The summed E-state index contributed by atoms with van der Waals surface area (Å²) in [6, 6.07) is 67.5. The highest BCUT2D eigenvalue weighted by molar-refractivity contribution is 6.23. The second-order valence-corrected chi connectivity index (χ2v) is 12.9. The molecule has 9 aromatic carbocycles. The molecule has 0 amide bonds. The van der Waals surface area contributed by atoms with E-state index < -0.39 is 0 Å². The highest BCUT2D eigenvalue weighted by Gasteiger charge is 2.17. The summed E-state index contributed by atoms with van der Waals surface area (Å²) < 4.78 is 6.36. The summed E-state index contributed by atoms with van der Waals surface area (Å²) in [5.41, 5.74) is 9.75. The van der Waals surface area contributed by atoms with E-state index in [0.717, 1.165) is 39.0 Å². The predicted octanol–water partition coefficient (Wildman–Crippen LogP) is 13.8. The van der Waals surface area contributed by atoms with Gasteiger partial charge in [0.05, 0.1) is 0 Å². The number of benzene rings is 9. The van der Waals surface area contributed by atoms with Gasteiger partial charge in [0.25, 0.3) is 0 Å². The van der Waals surface area contributed by atoms with Crippen molar-refractivity contribution in [3.05, 3.63) is 188 Å². The van der Waals surface area contributed by atoms with Crippen LogP contribution in [-0.2, 0) is 0 Å². The summed E-state index contributed by atoms with van der Waals surface area (Å²) in [6.07, 6.45) is 0. The van der Waals surface area contributed by atoms with Gasteiger partial charge < -0.3 is 9.32 Å². The third kappa shape index (κ3) is 4.65. The molecule has 0 N–H and O–H groups in total. The summed E-state index contributed by atoms with van der Waals surface area (Å²) in [7, 11) is 0. The molecule has 0 spiro atoms. The van der Waals surface area contributed by atoms with Crippen molar-refractivity contribution in [2.75, 3.05) is 4.90 Å². The quantitative estimate of drug-likeness (QED) is 0.175. The monoisotopic (exact) mass is 637 g/mol. The van der Waals surface area contributed by atoms with Gasteiger partial charge in [-0.3, -0.25) is 0 Å². The SMILES string of the molecule is c1ccc(-c2cccc(N(c3ccc(-c4cc5ccc6ccccc6c5c5ccccc45)cc3)c3ccc4c(c3)oc3ccccc34)c2)cc1. The molecule has 0 aliphatic heterocycles. The maximum Gasteiger partial charge on any atom is 0.137 e. The van der Waals surface area contributed by atoms with Crippen LogP contribution in [0.2, 0.25) is 0 Å². The Morgan fingerprint density at radius 1 is 0.320 bits per heavy atom. The zero-order valence-electron chi connectivity index (χ0n) is 27.3. The van der Waals surface area contributed by atoms with Gasteiger partial charge >= 0.3 is 0 Å². The fourth-order valence-electron chi connectivity index (χ4n) is 7.66. The number of rotatable bonds is 5. The van der Waals surface area contributed by atoms with Gasteiger partial charge in [0.1, 0.15) is 11.2 Å². The molecule has 10 rings (SSSR count). The summed E-state index contributed by atoms with van der Waals surface area (Å²) in [6.45, 7) is 0. The highest BCUT2D eigenvalue weighted by Crippen LogP contribution is 2.42. The summed E-state index contributed by atoms with van der Waals surface area (Å²) in [4.78, 5) is 2.33. The lowest BCUT2D eigenvalue weighted by atomic mass is 9.90. The Balaban J connectivity index is 1.13. The van der Waals surface area contributed by atoms with Gasteiger partial charge in [-0.25, -0.2) is 0 Å². The first-order valence-electron chi connectivity index (χ1n) is 17.1. The van der Waals surface area contributed by atoms with Crippen molar-refractivity contribution in [1.82, 2.24) is 0 Å². The molecular weight excluding hydrogens is 607 g/mol. The van der Waals surface area contributed by atoms with Crippen LogP contribution in [0, 0.1) is 0 Å². The third-order valence-corrected chi connectivity index (χ3v) is 10.0. The molecule has 0 saturated heterocycles. The molecular formula is C48H31NO. The molecule has 0 unspecified atom stereocenters. The van der Waals surface area contributed by atoms with Crippen LogP contribution in [0.1, 0.15) is 0 Å². The first-order chi connectivity index (χ1) is 24.8. The molecule has 0 saturated carbocycles.